The number of carboxylic acids is 1. The van der Waals surface area contributed by atoms with Gasteiger partial charge in [0.15, 0.2) is 0 Å². The minimum Gasteiger partial charge on any atom is -0.478 e. The fourth-order valence-corrected chi connectivity index (χ4v) is 3.93. The number of carbonyl (C=O) groups is 3. The van der Waals surface area contributed by atoms with E-state index in [0.29, 0.717) is 30.9 Å². The highest BCUT2D eigenvalue weighted by Crippen LogP contribution is 2.24. The molecule has 2 aromatic rings. The number of aromatic nitrogens is 2. The molecule has 2 N–H and O–H groups in total. The zero-order valence-corrected chi connectivity index (χ0v) is 15.9. The zero-order chi connectivity index (χ0) is 19.4. The highest BCUT2D eigenvalue weighted by Gasteiger charge is 2.26. The third-order valence-electron chi connectivity index (χ3n) is 4.85. The van der Waals surface area contributed by atoms with Crippen LogP contribution in [-0.2, 0) is 4.79 Å². The van der Waals surface area contributed by atoms with E-state index in [-0.39, 0.29) is 29.8 Å². The molecule has 0 atom stereocenters. The number of hydrogen-bond acceptors (Lipinski definition) is 5. The molecule has 1 aliphatic rings. The van der Waals surface area contributed by atoms with Gasteiger partial charge in [-0.3, -0.25) is 14.3 Å². The fourth-order valence-electron chi connectivity index (χ4n) is 3.30. The predicted octanol–water partition coefficient (Wildman–Crippen LogP) is 1.93. The third kappa shape index (κ3) is 4.36. The molecule has 0 radical (unpaired) electrons. The van der Waals surface area contributed by atoms with Crippen molar-refractivity contribution in [2.75, 3.05) is 19.6 Å². The molecule has 0 bridgehead atoms. The topological polar surface area (TPSA) is 105 Å². The summed E-state index contributed by atoms with van der Waals surface area (Å²) in [5.41, 5.74) is 1.47. The Hall–Kier alpha value is -2.68. The van der Waals surface area contributed by atoms with Crippen molar-refractivity contribution < 1.29 is 19.5 Å². The molecule has 1 saturated heterocycles. The second-order valence-electron chi connectivity index (χ2n) is 6.52. The number of thiophene rings is 1. The van der Waals surface area contributed by atoms with Crippen LogP contribution < -0.4 is 5.32 Å². The first-order chi connectivity index (χ1) is 13.0. The van der Waals surface area contributed by atoms with Crippen LogP contribution in [0.4, 0.5) is 0 Å². The highest BCUT2D eigenvalue weighted by atomic mass is 32.1. The van der Waals surface area contributed by atoms with Gasteiger partial charge in [0.05, 0.1) is 17.9 Å². The number of hydrogen-bond donors (Lipinski definition) is 2. The van der Waals surface area contributed by atoms with Crippen LogP contribution in [0.15, 0.2) is 23.0 Å². The number of rotatable bonds is 6. The lowest BCUT2D eigenvalue weighted by molar-refractivity contribution is -0.132. The van der Waals surface area contributed by atoms with Crippen molar-refractivity contribution >= 4 is 29.1 Å². The van der Waals surface area contributed by atoms with Crippen molar-refractivity contribution in [2.45, 2.75) is 32.2 Å². The second-order valence-corrected chi connectivity index (χ2v) is 7.30. The van der Waals surface area contributed by atoms with E-state index in [9.17, 15) is 14.4 Å². The number of piperidine rings is 1. The average Bonchev–Trinajstić information content (AvgIpc) is 3.31. The maximum absolute atomic E-state index is 12.3. The summed E-state index contributed by atoms with van der Waals surface area (Å²) in [7, 11) is 0. The number of aromatic carboxylic acids is 1. The van der Waals surface area contributed by atoms with Crippen LogP contribution in [0.1, 0.15) is 51.7 Å². The van der Waals surface area contributed by atoms with E-state index in [1.807, 2.05) is 5.38 Å². The number of likely N-dealkylation sites (tertiary alicyclic amines) is 1. The summed E-state index contributed by atoms with van der Waals surface area (Å²) in [6.45, 7) is 3.27. The Kier molecular flexibility index (Phi) is 5.90. The molecule has 3 heterocycles. The van der Waals surface area contributed by atoms with Crippen molar-refractivity contribution in [1.82, 2.24) is 20.0 Å². The lowest BCUT2D eigenvalue weighted by atomic mass is 10.0. The maximum Gasteiger partial charge on any atom is 0.339 e. The molecular formula is C18H22N4O4S. The van der Waals surface area contributed by atoms with E-state index in [4.69, 9.17) is 5.11 Å². The van der Waals surface area contributed by atoms with Crippen LogP contribution in [0.3, 0.4) is 0 Å². The summed E-state index contributed by atoms with van der Waals surface area (Å²) < 4.78 is 1.76. The van der Waals surface area contributed by atoms with Gasteiger partial charge in [-0.15, -0.1) is 0 Å². The summed E-state index contributed by atoms with van der Waals surface area (Å²) in [5, 5.41) is 19.7. The monoisotopic (exact) mass is 390 g/mol. The molecular weight excluding hydrogens is 368 g/mol. The first kappa shape index (κ1) is 19.1. The van der Waals surface area contributed by atoms with Crippen molar-refractivity contribution in [3.05, 3.63) is 39.8 Å². The van der Waals surface area contributed by atoms with Gasteiger partial charge in [0.2, 0.25) is 5.91 Å². The molecule has 1 aliphatic heterocycles. The van der Waals surface area contributed by atoms with Crippen LogP contribution in [0.5, 0.6) is 0 Å². The van der Waals surface area contributed by atoms with Gasteiger partial charge in [0, 0.05) is 37.0 Å². The van der Waals surface area contributed by atoms with Crippen molar-refractivity contribution in [1.29, 1.82) is 0 Å². The molecule has 0 saturated carbocycles. The Bertz CT molecular complexity index is 823. The van der Waals surface area contributed by atoms with Gasteiger partial charge < -0.3 is 15.3 Å². The minimum absolute atomic E-state index is 0.0162. The SMILES string of the molecule is Cc1c(C(=O)O)cnn1C1CCN(C(=O)CCNC(=O)c2ccsc2)CC1. The third-order valence-corrected chi connectivity index (χ3v) is 5.53. The van der Waals surface area contributed by atoms with Gasteiger partial charge in [0.1, 0.15) is 5.56 Å². The minimum atomic E-state index is -0.976. The Labute approximate surface area is 160 Å². The normalized spacial score (nSPS) is 14.9. The highest BCUT2D eigenvalue weighted by molar-refractivity contribution is 7.08. The van der Waals surface area contributed by atoms with E-state index in [1.165, 1.54) is 17.5 Å². The molecule has 0 spiro atoms. The Morgan fingerprint density at radius 2 is 2.07 bits per heavy atom. The van der Waals surface area contributed by atoms with E-state index < -0.39 is 5.97 Å². The molecule has 144 valence electrons. The molecule has 8 nitrogen and oxygen atoms in total. The number of amides is 2. The lowest BCUT2D eigenvalue weighted by Gasteiger charge is -2.32. The van der Waals surface area contributed by atoms with E-state index >= 15 is 0 Å². The van der Waals surface area contributed by atoms with Gasteiger partial charge in [-0.25, -0.2) is 4.79 Å². The van der Waals surface area contributed by atoms with Crippen LogP contribution >= 0.6 is 11.3 Å². The number of carboxylic acid groups (broad SMARTS) is 1. The molecule has 2 aromatic heterocycles. The van der Waals surface area contributed by atoms with Crippen molar-refractivity contribution in [3.63, 3.8) is 0 Å². The summed E-state index contributed by atoms with van der Waals surface area (Å²) in [5.74, 6) is -1.12. The predicted molar refractivity (Wildman–Crippen MR) is 100 cm³/mol. The van der Waals surface area contributed by atoms with Crippen molar-refractivity contribution in [2.24, 2.45) is 0 Å². The summed E-state index contributed by atoms with van der Waals surface area (Å²) >= 11 is 1.46. The van der Waals surface area contributed by atoms with E-state index in [2.05, 4.69) is 10.4 Å². The summed E-state index contributed by atoms with van der Waals surface area (Å²) in [6.07, 6.45) is 3.11. The molecule has 0 unspecified atom stereocenters. The lowest BCUT2D eigenvalue weighted by Crippen LogP contribution is -2.40. The molecule has 0 aliphatic carbocycles. The van der Waals surface area contributed by atoms with Crippen LogP contribution in [0, 0.1) is 6.92 Å². The van der Waals surface area contributed by atoms with Crippen LogP contribution in [-0.4, -0.2) is 57.2 Å². The molecule has 1 fully saturated rings. The Morgan fingerprint density at radius 1 is 1.33 bits per heavy atom. The summed E-state index contributed by atoms with van der Waals surface area (Å²) in [6, 6.07) is 1.85. The largest absolute Gasteiger partial charge is 0.478 e. The van der Waals surface area contributed by atoms with Crippen LogP contribution in [0.2, 0.25) is 0 Å². The zero-order valence-electron chi connectivity index (χ0n) is 15.1. The number of carbonyl (C=O) groups excluding carboxylic acids is 2. The first-order valence-electron chi connectivity index (χ1n) is 8.83. The maximum atomic E-state index is 12.3. The summed E-state index contributed by atoms with van der Waals surface area (Å²) in [4.78, 5) is 37.2. The quantitative estimate of drug-likeness (QED) is 0.784. The van der Waals surface area contributed by atoms with Crippen LogP contribution in [0.25, 0.3) is 0 Å². The molecule has 2 amide bonds. The van der Waals surface area contributed by atoms with E-state index in [0.717, 1.165) is 12.8 Å². The van der Waals surface area contributed by atoms with Gasteiger partial charge in [-0.2, -0.15) is 16.4 Å². The Morgan fingerprint density at radius 3 is 2.67 bits per heavy atom. The molecule has 27 heavy (non-hydrogen) atoms. The standard InChI is InChI=1S/C18H22N4O4S/c1-12-15(18(25)26)10-20-22(12)14-3-7-21(8-4-14)16(23)2-6-19-17(24)13-5-9-27-11-13/h5,9-11,14H,2-4,6-8H2,1H3,(H,19,24)(H,25,26). The average molecular weight is 390 g/mol. The van der Waals surface area contributed by atoms with Crippen molar-refractivity contribution in [3.8, 4) is 0 Å². The van der Waals surface area contributed by atoms with E-state index in [1.54, 1.807) is 28.0 Å². The Balaban J connectivity index is 1.45. The molecule has 0 aromatic carbocycles. The number of nitrogens with zero attached hydrogens (tertiary/aromatic N) is 3. The van der Waals surface area contributed by atoms with Gasteiger partial charge >= 0.3 is 5.97 Å². The first-order valence-corrected chi connectivity index (χ1v) is 9.77. The van der Waals surface area contributed by atoms with Gasteiger partial charge in [0.25, 0.3) is 5.91 Å². The molecule has 9 heteroatoms. The fraction of sp³-hybridized carbons (Fsp3) is 0.444. The second kappa shape index (κ2) is 8.34. The smallest absolute Gasteiger partial charge is 0.339 e. The number of nitrogens with one attached hydrogen (secondary N) is 1. The molecule has 3 rings (SSSR count). The van der Waals surface area contributed by atoms with Gasteiger partial charge in [-0.1, -0.05) is 0 Å². The van der Waals surface area contributed by atoms with Gasteiger partial charge in [-0.05, 0) is 31.2 Å².